The quantitative estimate of drug-likeness (QED) is 0.885. The van der Waals surface area contributed by atoms with Crippen LogP contribution in [-0.2, 0) is 16.6 Å². The largest absolute Gasteiger partial charge is 0.478 e. The van der Waals surface area contributed by atoms with E-state index in [0.29, 0.717) is 0 Å². The van der Waals surface area contributed by atoms with Crippen molar-refractivity contribution in [3.8, 4) is 0 Å². The Kier molecular flexibility index (Phi) is 4.35. The van der Waals surface area contributed by atoms with Gasteiger partial charge in [0, 0.05) is 6.54 Å². The fourth-order valence-corrected chi connectivity index (χ4v) is 2.74. The standard InChI is InChI=1S/C14H12FNO4S/c15-13-7-6-11(8-12(13)14(17)18)21(19,20)16-9-10-4-2-1-3-5-10/h1-8,16H,9H2,(H,17,18). The van der Waals surface area contributed by atoms with Crippen molar-refractivity contribution in [2.75, 3.05) is 0 Å². The maximum atomic E-state index is 13.3. The number of carboxylic acids is 1. The summed E-state index contributed by atoms with van der Waals surface area (Å²) in [5.41, 5.74) is 0.0687. The summed E-state index contributed by atoms with van der Waals surface area (Å²) >= 11 is 0. The van der Waals surface area contributed by atoms with Gasteiger partial charge in [-0.05, 0) is 23.8 Å². The second kappa shape index (κ2) is 6.02. The number of benzene rings is 2. The summed E-state index contributed by atoms with van der Waals surface area (Å²) in [6.45, 7) is 0.0585. The molecule has 0 aliphatic carbocycles. The van der Waals surface area contributed by atoms with Crippen LogP contribution in [0.1, 0.15) is 15.9 Å². The van der Waals surface area contributed by atoms with Crippen LogP contribution in [0, 0.1) is 5.82 Å². The highest BCUT2D eigenvalue weighted by Gasteiger charge is 2.18. The van der Waals surface area contributed by atoms with E-state index in [0.717, 1.165) is 23.8 Å². The fraction of sp³-hybridized carbons (Fsp3) is 0.0714. The summed E-state index contributed by atoms with van der Waals surface area (Å²) in [5, 5.41) is 8.81. The number of carboxylic acid groups (broad SMARTS) is 1. The van der Waals surface area contributed by atoms with Crippen molar-refractivity contribution in [1.82, 2.24) is 4.72 Å². The van der Waals surface area contributed by atoms with Crippen LogP contribution < -0.4 is 4.72 Å². The van der Waals surface area contributed by atoms with Crippen LogP contribution >= 0.6 is 0 Å². The summed E-state index contributed by atoms with van der Waals surface area (Å²) in [4.78, 5) is 10.5. The molecule has 2 aromatic carbocycles. The topological polar surface area (TPSA) is 83.5 Å². The molecule has 0 aliphatic rings. The number of carbonyl (C=O) groups is 1. The molecule has 0 saturated heterocycles. The smallest absolute Gasteiger partial charge is 0.338 e. The zero-order chi connectivity index (χ0) is 15.5. The minimum absolute atomic E-state index is 0.0585. The zero-order valence-corrected chi connectivity index (χ0v) is 11.6. The predicted octanol–water partition coefficient (Wildman–Crippen LogP) is 2.00. The monoisotopic (exact) mass is 309 g/mol. The minimum atomic E-state index is -3.91. The third-order valence-electron chi connectivity index (χ3n) is 2.79. The van der Waals surface area contributed by atoms with Gasteiger partial charge in [-0.25, -0.2) is 22.3 Å². The van der Waals surface area contributed by atoms with Gasteiger partial charge in [0.2, 0.25) is 10.0 Å². The first-order chi connectivity index (χ1) is 9.90. The van der Waals surface area contributed by atoms with E-state index in [1.807, 2.05) is 0 Å². The molecule has 0 atom stereocenters. The lowest BCUT2D eigenvalue weighted by Crippen LogP contribution is -2.23. The highest BCUT2D eigenvalue weighted by Crippen LogP contribution is 2.15. The summed E-state index contributed by atoms with van der Waals surface area (Å²) in [7, 11) is -3.91. The van der Waals surface area contributed by atoms with Crippen molar-refractivity contribution in [3.63, 3.8) is 0 Å². The summed E-state index contributed by atoms with van der Waals surface area (Å²) in [6, 6.07) is 11.5. The molecule has 0 spiro atoms. The number of hydrogen-bond donors (Lipinski definition) is 2. The van der Waals surface area contributed by atoms with Crippen LogP contribution in [0.2, 0.25) is 0 Å². The average Bonchev–Trinajstić information content (AvgIpc) is 2.46. The predicted molar refractivity (Wildman–Crippen MR) is 73.8 cm³/mol. The fourth-order valence-electron chi connectivity index (χ4n) is 1.69. The van der Waals surface area contributed by atoms with Gasteiger partial charge in [-0.15, -0.1) is 0 Å². The molecule has 110 valence electrons. The number of halogens is 1. The molecular formula is C14H12FNO4S. The molecule has 2 N–H and O–H groups in total. The third-order valence-corrected chi connectivity index (χ3v) is 4.19. The van der Waals surface area contributed by atoms with Crippen molar-refractivity contribution >= 4 is 16.0 Å². The number of rotatable bonds is 5. The lowest BCUT2D eigenvalue weighted by atomic mass is 10.2. The lowest BCUT2D eigenvalue weighted by molar-refractivity contribution is 0.0691. The van der Waals surface area contributed by atoms with E-state index in [4.69, 9.17) is 5.11 Å². The van der Waals surface area contributed by atoms with Crippen LogP contribution in [-0.4, -0.2) is 19.5 Å². The van der Waals surface area contributed by atoms with Gasteiger partial charge in [0.25, 0.3) is 0 Å². The number of sulfonamides is 1. The Morgan fingerprint density at radius 1 is 1.14 bits per heavy atom. The van der Waals surface area contributed by atoms with Crippen LogP contribution in [0.15, 0.2) is 53.4 Å². The van der Waals surface area contributed by atoms with E-state index >= 15 is 0 Å². The van der Waals surface area contributed by atoms with Gasteiger partial charge in [0.05, 0.1) is 10.5 Å². The van der Waals surface area contributed by atoms with Crippen molar-refractivity contribution < 1.29 is 22.7 Å². The normalized spacial score (nSPS) is 11.3. The van der Waals surface area contributed by atoms with Gasteiger partial charge in [0.15, 0.2) is 0 Å². The number of aromatic carboxylic acids is 1. The molecule has 0 heterocycles. The second-order valence-corrected chi connectivity index (χ2v) is 6.02. The van der Waals surface area contributed by atoms with Crippen LogP contribution in [0.25, 0.3) is 0 Å². The molecule has 0 fully saturated rings. The van der Waals surface area contributed by atoms with Gasteiger partial charge in [-0.3, -0.25) is 0 Å². The lowest BCUT2D eigenvalue weighted by Gasteiger charge is -2.08. The first kappa shape index (κ1) is 15.1. The Morgan fingerprint density at radius 2 is 1.81 bits per heavy atom. The van der Waals surface area contributed by atoms with Crippen molar-refractivity contribution in [1.29, 1.82) is 0 Å². The van der Waals surface area contributed by atoms with Gasteiger partial charge < -0.3 is 5.11 Å². The molecular weight excluding hydrogens is 297 g/mol. The Morgan fingerprint density at radius 3 is 2.43 bits per heavy atom. The minimum Gasteiger partial charge on any atom is -0.478 e. The third kappa shape index (κ3) is 3.65. The molecule has 5 nitrogen and oxygen atoms in total. The molecule has 0 bridgehead atoms. The van der Waals surface area contributed by atoms with E-state index in [1.165, 1.54) is 0 Å². The molecule has 0 saturated carbocycles. The second-order valence-electron chi connectivity index (χ2n) is 4.26. The van der Waals surface area contributed by atoms with Gasteiger partial charge >= 0.3 is 5.97 Å². The van der Waals surface area contributed by atoms with E-state index in [1.54, 1.807) is 30.3 Å². The van der Waals surface area contributed by atoms with E-state index in [9.17, 15) is 17.6 Å². The average molecular weight is 309 g/mol. The number of hydrogen-bond acceptors (Lipinski definition) is 3. The van der Waals surface area contributed by atoms with Crippen molar-refractivity contribution in [3.05, 3.63) is 65.5 Å². The first-order valence-electron chi connectivity index (χ1n) is 5.96. The highest BCUT2D eigenvalue weighted by molar-refractivity contribution is 7.89. The Labute approximate surface area is 121 Å². The number of nitrogens with one attached hydrogen (secondary N) is 1. The summed E-state index contributed by atoms with van der Waals surface area (Å²) in [6.07, 6.45) is 0. The van der Waals surface area contributed by atoms with Gasteiger partial charge in [0.1, 0.15) is 5.82 Å². The molecule has 0 aliphatic heterocycles. The Bertz CT molecular complexity index is 760. The molecule has 0 radical (unpaired) electrons. The van der Waals surface area contributed by atoms with E-state index in [2.05, 4.69) is 4.72 Å². The highest BCUT2D eigenvalue weighted by atomic mass is 32.2. The molecule has 0 amide bonds. The van der Waals surface area contributed by atoms with E-state index in [-0.39, 0.29) is 11.4 Å². The van der Waals surface area contributed by atoms with Gasteiger partial charge in [-0.1, -0.05) is 30.3 Å². The van der Waals surface area contributed by atoms with Crippen LogP contribution in [0.4, 0.5) is 4.39 Å². The maximum absolute atomic E-state index is 13.3. The molecule has 2 rings (SSSR count). The summed E-state index contributed by atoms with van der Waals surface area (Å²) < 4.78 is 39.7. The van der Waals surface area contributed by atoms with Crippen LogP contribution in [0.5, 0.6) is 0 Å². The SMILES string of the molecule is O=C(O)c1cc(S(=O)(=O)NCc2ccccc2)ccc1F. The molecule has 2 aromatic rings. The molecule has 0 aromatic heterocycles. The zero-order valence-electron chi connectivity index (χ0n) is 10.8. The molecule has 0 unspecified atom stereocenters. The summed E-state index contributed by atoms with van der Waals surface area (Å²) in [5.74, 6) is -2.50. The maximum Gasteiger partial charge on any atom is 0.338 e. The Hall–Kier alpha value is -2.25. The van der Waals surface area contributed by atoms with E-state index < -0.39 is 27.4 Å². The molecule has 7 heteroatoms. The van der Waals surface area contributed by atoms with Crippen molar-refractivity contribution in [2.45, 2.75) is 11.4 Å². The first-order valence-corrected chi connectivity index (χ1v) is 7.45. The van der Waals surface area contributed by atoms with Crippen molar-refractivity contribution in [2.24, 2.45) is 0 Å². The molecule has 21 heavy (non-hydrogen) atoms. The van der Waals surface area contributed by atoms with Crippen LogP contribution in [0.3, 0.4) is 0 Å². The van der Waals surface area contributed by atoms with Gasteiger partial charge in [-0.2, -0.15) is 0 Å². The Balaban J connectivity index is 2.24.